The second kappa shape index (κ2) is 3.11. The molecule has 0 aliphatic heterocycles. The van der Waals surface area contributed by atoms with Crippen LogP contribution in [0.3, 0.4) is 0 Å². The molecule has 0 aromatic rings. The highest BCUT2D eigenvalue weighted by Crippen LogP contribution is 3.02. The first-order valence-corrected chi connectivity index (χ1v) is 8.84. The highest BCUT2D eigenvalue weighted by Gasteiger charge is 2.77. The molecule has 1 aliphatic carbocycles. The molecule has 0 saturated heterocycles. The Morgan fingerprint density at radius 3 is 1.67 bits per heavy atom. The maximum Gasteiger partial charge on any atom is 0.288 e. The van der Waals surface area contributed by atoms with Crippen LogP contribution >= 0.6 is 21.8 Å². The summed E-state index contributed by atoms with van der Waals surface area (Å²) in [6, 6.07) is 0. The molecule has 18 heavy (non-hydrogen) atoms. The lowest BCUT2D eigenvalue weighted by Gasteiger charge is -2.56. The predicted molar refractivity (Wildman–Crippen MR) is 63.4 cm³/mol. The number of sulfone groups is 1. The number of alkyl halides is 1. The molecule has 1 rings (SSSR count). The molecular formula is C8H14ClF5O2S2. The number of hydrogen-bond acceptors (Lipinski definition) is 2. The van der Waals surface area contributed by atoms with Crippen LogP contribution in [0.2, 0.25) is 0 Å². The van der Waals surface area contributed by atoms with Crippen molar-refractivity contribution >= 4 is 31.7 Å². The van der Waals surface area contributed by atoms with Gasteiger partial charge < -0.3 is 0 Å². The Morgan fingerprint density at radius 1 is 1.11 bits per heavy atom. The minimum atomic E-state index is -9.65. The van der Waals surface area contributed by atoms with Crippen LogP contribution in [-0.2, 0) is 9.84 Å². The topological polar surface area (TPSA) is 34.1 Å². The molecule has 0 heterocycles. The van der Waals surface area contributed by atoms with Gasteiger partial charge in [-0.3, -0.25) is 0 Å². The van der Waals surface area contributed by atoms with Crippen molar-refractivity contribution < 1.29 is 27.8 Å². The van der Waals surface area contributed by atoms with Crippen LogP contribution in [0.15, 0.2) is 0 Å². The SMILES string of the molecule is CC(C)(C)S(=O)(=O)C1(Cl)CC(S(F)(F)(F)(F)F)C1. The predicted octanol–water partition coefficient (Wildman–Crippen LogP) is 4.60. The van der Waals surface area contributed by atoms with Crippen LogP contribution in [-0.4, -0.2) is 22.6 Å². The lowest BCUT2D eigenvalue weighted by molar-refractivity contribution is 0.289. The Morgan fingerprint density at radius 2 is 1.44 bits per heavy atom. The van der Waals surface area contributed by atoms with Crippen LogP contribution in [0.25, 0.3) is 0 Å². The van der Waals surface area contributed by atoms with Crippen LogP contribution < -0.4 is 0 Å². The summed E-state index contributed by atoms with van der Waals surface area (Å²) in [5.41, 5.74) is 0. The summed E-state index contributed by atoms with van der Waals surface area (Å²) in [6.07, 6.45) is -2.57. The van der Waals surface area contributed by atoms with Crippen molar-refractivity contribution in [3.63, 3.8) is 0 Å². The zero-order chi connectivity index (χ0) is 14.9. The zero-order valence-electron chi connectivity index (χ0n) is 9.89. The van der Waals surface area contributed by atoms with Crippen molar-refractivity contribution in [3.05, 3.63) is 0 Å². The molecule has 1 fully saturated rings. The summed E-state index contributed by atoms with van der Waals surface area (Å²) in [5, 5.41) is -2.92. The van der Waals surface area contributed by atoms with Crippen molar-refractivity contribution in [2.24, 2.45) is 0 Å². The monoisotopic (exact) mass is 336 g/mol. The molecule has 112 valence electrons. The summed E-state index contributed by atoms with van der Waals surface area (Å²) < 4.78 is 82.4. The molecular weight excluding hydrogens is 323 g/mol. The Hall–Kier alpha value is 0.240. The van der Waals surface area contributed by atoms with E-state index in [0.717, 1.165) is 0 Å². The molecule has 0 atom stereocenters. The average Bonchev–Trinajstić information content (AvgIpc) is 1.90. The van der Waals surface area contributed by atoms with Gasteiger partial charge in [0.05, 0.1) is 4.75 Å². The molecule has 0 aromatic carbocycles. The van der Waals surface area contributed by atoms with E-state index in [0.29, 0.717) is 0 Å². The molecule has 0 aromatic heterocycles. The second-order valence-electron chi connectivity index (χ2n) is 5.56. The fourth-order valence-corrected chi connectivity index (χ4v) is 6.30. The van der Waals surface area contributed by atoms with Crippen molar-refractivity contribution in [1.29, 1.82) is 0 Å². The van der Waals surface area contributed by atoms with E-state index in [4.69, 9.17) is 11.6 Å². The van der Waals surface area contributed by atoms with E-state index in [2.05, 4.69) is 0 Å². The van der Waals surface area contributed by atoms with E-state index in [1.165, 1.54) is 20.8 Å². The summed E-state index contributed by atoms with van der Waals surface area (Å²) >= 11 is 5.61. The maximum absolute atomic E-state index is 12.4. The lowest BCUT2D eigenvalue weighted by Crippen LogP contribution is -2.56. The average molecular weight is 337 g/mol. The van der Waals surface area contributed by atoms with E-state index < -0.39 is 47.1 Å². The van der Waals surface area contributed by atoms with E-state index in [1.807, 2.05) is 0 Å². The van der Waals surface area contributed by atoms with E-state index in [9.17, 15) is 27.8 Å². The van der Waals surface area contributed by atoms with Gasteiger partial charge >= 0.3 is 0 Å². The molecule has 0 spiro atoms. The van der Waals surface area contributed by atoms with Gasteiger partial charge in [-0.05, 0) is 20.8 Å². The Labute approximate surface area is 108 Å². The third-order valence-electron chi connectivity index (χ3n) is 2.98. The van der Waals surface area contributed by atoms with Gasteiger partial charge in [-0.1, -0.05) is 19.4 Å². The summed E-state index contributed by atoms with van der Waals surface area (Å²) in [5.74, 6) is 0. The first-order valence-electron chi connectivity index (χ1n) is 4.96. The van der Waals surface area contributed by atoms with Gasteiger partial charge in [-0.2, -0.15) is 0 Å². The summed E-state index contributed by atoms with van der Waals surface area (Å²) in [7, 11) is -13.8. The quantitative estimate of drug-likeness (QED) is 0.545. The molecule has 0 amide bonds. The van der Waals surface area contributed by atoms with Gasteiger partial charge in [0.2, 0.25) is 0 Å². The Bertz CT molecular complexity index is 469. The van der Waals surface area contributed by atoms with E-state index in [1.54, 1.807) is 0 Å². The maximum atomic E-state index is 12.4. The normalized spacial score (nSPS) is 34.4. The third-order valence-corrected chi connectivity index (χ3v) is 8.40. The van der Waals surface area contributed by atoms with Crippen LogP contribution in [0.4, 0.5) is 19.4 Å². The van der Waals surface area contributed by atoms with Gasteiger partial charge in [-0.25, -0.2) is 8.42 Å². The fourth-order valence-electron chi connectivity index (χ4n) is 1.70. The largest absolute Gasteiger partial charge is 0.288 e. The number of rotatable bonds is 2. The first-order chi connectivity index (χ1) is 7.30. The van der Waals surface area contributed by atoms with Crippen molar-refractivity contribution in [3.8, 4) is 0 Å². The molecule has 0 bridgehead atoms. The third kappa shape index (κ3) is 2.58. The minimum Gasteiger partial charge on any atom is -0.226 e. The molecule has 10 heteroatoms. The lowest BCUT2D eigenvalue weighted by atomic mass is 9.98. The smallest absolute Gasteiger partial charge is 0.226 e. The minimum absolute atomic E-state index is 1.26. The fraction of sp³-hybridized carbons (Fsp3) is 1.00. The highest BCUT2D eigenvalue weighted by molar-refractivity contribution is 8.46. The molecule has 0 N–H and O–H groups in total. The highest BCUT2D eigenvalue weighted by atomic mass is 35.5. The Kier molecular flexibility index (Phi) is 2.81. The van der Waals surface area contributed by atoms with E-state index in [-0.39, 0.29) is 0 Å². The second-order valence-corrected chi connectivity index (χ2v) is 12.2. The number of halogens is 6. The molecule has 1 saturated carbocycles. The van der Waals surface area contributed by atoms with Crippen LogP contribution in [0, 0.1) is 0 Å². The standard InChI is InChI=1S/C8H14ClF5O2S2/c1-7(2,3)17(15,16)8(9)4-6(5-8)18(10,11,12,13)14/h6H,4-5H2,1-3H3. The molecule has 2 nitrogen and oxygen atoms in total. The summed E-state index contributed by atoms with van der Waals surface area (Å²) in [6.45, 7) is 3.79. The Balaban J connectivity index is 3.05. The van der Waals surface area contributed by atoms with Crippen molar-refractivity contribution in [2.75, 3.05) is 0 Å². The van der Waals surface area contributed by atoms with Crippen molar-refractivity contribution in [1.82, 2.24) is 0 Å². The van der Waals surface area contributed by atoms with Gasteiger partial charge in [0.1, 0.15) is 9.46 Å². The van der Waals surface area contributed by atoms with Crippen LogP contribution in [0.5, 0.6) is 0 Å². The molecule has 0 unspecified atom stereocenters. The first kappa shape index (κ1) is 16.3. The van der Waals surface area contributed by atoms with Gasteiger partial charge in [-0.15, -0.1) is 11.6 Å². The molecule has 0 radical (unpaired) electrons. The van der Waals surface area contributed by atoms with Gasteiger partial charge in [0.15, 0.2) is 9.84 Å². The van der Waals surface area contributed by atoms with Gasteiger partial charge in [0, 0.05) is 12.8 Å². The summed E-state index contributed by atoms with van der Waals surface area (Å²) in [4.78, 5) is 0. The zero-order valence-corrected chi connectivity index (χ0v) is 12.3. The van der Waals surface area contributed by atoms with Gasteiger partial charge in [0.25, 0.3) is 10.2 Å². The van der Waals surface area contributed by atoms with Crippen molar-refractivity contribution in [2.45, 2.75) is 47.8 Å². The molecule has 1 aliphatic rings. The number of hydrogen-bond donors (Lipinski definition) is 0. The van der Waals surface area contributed by atoms with Crippen LogP contribution in [0.1, 0.15) is 33.6 Å². The van der Waals surface area contributed by atoms with E-state index >= 15 is 0 Å².